The van der Waals surface area contributed by atoms with E-state index in [1.54, 1.807) is 0 Å². The predicted molar refractivity (Wildman–Crippen MR) is 97.8 cm³/mol. The first-order valence-electron chi connectivity index (χ1n) is 10.2. The van der Waals surface area contributed by atoms with E-state index in [0.717, 1.165) is 0 Å². The van der Waals surface area contributed by atoms with Crippen molar-refractivity contribution < 1.29 is 179 Å². The Morgan fingerprint density at radius 3 is 1.54 bits per heavy atom. The van der Waals surface area contributed by atoms with Gasteiger partial charge in [0.05, 0.1) is 19.2 Å². The van der Waals surface area contributed by atoms with Gasteiger partial charge in [-0.25, -0.2) is 0 Å². The van der Waals surface area contributed by atoms with Crippen molar-refractivity contribution >= 4 is 17.9 Å². The van der Waals surface area contributed by atoms with Gasteiger partial charge < -0.3 is 89.9 Å². The summed E-state index contributed by atoms with van der Waals surface area (Å²) in [6, 6.07) is 0. The zero-order chi connectivity index (χ0) is 28.0. The number of carbonyl (C=O) groups is 3. The Labute approximate surface area is 287 Å². The van der Waals surface area contributed by atoms with E-state index >= 15 is 0 Å². The molecule has 210 valence electrons. The van der Waals surface area contributed by atoms with E-state index < -0.39 is 111 Å². The van der Waals surface area contributed by atoms with E-state index in [4.69, 9.17) is 24.4 Å². The van der Waals surface area contributed by atoms with Crippen LogP contribution in [0.1, 0.15) is 12.8 Å². The van der Waals surface area contributed by atoms with Gasteiger partial charge in [0.1, 0.15) is 54.4 Å². The van der Waals surface area contributed by atoms with E-state index in [1.165, 1.54) is 0 Å². The Balaban J connectivity index is -0.000000706. The second-order valence-corrected chi connectivity index (χ2v) is 7.94. The molecule has 2 aliphatic rings. The standard InChI is InChI=1S/C12H22O11.C6H8O7.3Na/c13-1-3-5(15)6(16)9(19)12(22-3)23-10-4(2-14)21-11(20)8(18)7(10)17;7-3(8)1-6(13,5(11)12)2-4(9)10;;;/h3-20H,1-2H2;13H,1-2H2,(H,7,8)(H,9,10)(H,11,12);;;/q;;3*+1/p-3/t3-,4-,5+,6+,7-,8-,9-,10-,11?,12+;;;;/m1..../s1. The molecule has 2 rings (SSSR count). The summed E-state index contributed by atoms with van der Waals surface area (Å²) in [6.07, 6.45) is -18.3. The molecule has 0 aliphatic carbocycles. The first-order chi connectivity index (χ1) is 16.6. The van der Waals surface area contributed by atoms with Crippen LogP contribution in [0.4, 0.5) is 0 Å². The predicted octanol–water partition coefficient (Wildman–Crippen LogP) is -19.6. The van der Waals surface area contributed by atoms with Gasteiger partial charge in [0.15, 0.2) is 12.6 Å². The maximum Gasteiger partial charge on any atom is 1.00 e. The number of carboxylic acid groups (broad SMARTS) is 3. The molecule has 21 heteroatoms. The molecule has 2 aliphatic heterocycles. The third-order valence-corrected chi connectivity index (χ3v) is 5.23. The molecule has 1 unspecified atom stereocenters. The van der Waals surface area contributed by atoms with E-state index in [-0.39, 0.29) is 88.7 Å². The van der Waals surface area contributed by atoms with E-state index in [2.05, 4.69) is 0 Å². The van der Waals surface area contributed by atoms with E-state index in [0.29, 0.717) is 0 Å². The summed E-state index contributed by atoms with van der Waals surface area (Å²) in [5.74, 6) is -5.98. The van der Waals surface area contributed by atoms with Crippen molar-refractivity contribution in [3.05, 3.63) is 0 Å². The van der Waals surface area contributed by atoms with Crippen LogP contribution in [0.2, 0.25) is 0 Å². The fourth-order valence-electron chi connectivity index (χ4n) is 3.25. The number of aliphatic carboxylic acids is 3. The van der Waals surface area contributed by atoms with Crippen molar-refractivity contribution in [2.24, 2.45) is 0 Å². The Kier molecular flexibility index (Phi) is 22.7. The molecular weight excluding hydrogens is 573 g/mol. The molecule has 2 fully saturated rings. The second-order valence-electron chi connectivity index (χ2n) is 7.94. The summed E-state index contributed by atoms with van der Waals surface area (Å²) in [7, 11) is 0. The molecule has 39 heavy (non-hydrogen) atoms. The quantitative estimate of drug-likeness (QED) is 0.111. The van der Waals surface area contributed by atoms with Gasteiger partial charge in [-0.05, 0) is 0 Å². The van der Waals surface area contributed by atoms with Crippen LogP contribution in [-0.2, 0) is 28.6 Å². The monoisotopic (exact) mass is 600 g/mol. The number of rotatable bonds is 9. The molecule has 0 spiro atoms. The number of carboxylic acids is 3. The van der Waals surface area contributed by atoms with Crippen LogP contribution in [0.5, 0.6) is 0 Å². The average Bonchev–Trinajstić information content (AvgIpc) is 2.78. The summed E-state index contributed by atoms with van der Waals surface area (Å²) < 4.78 is 15.3. The Morgan fingerprint density at radius 2 is 1.15 bits per heavy atom. The Hall–Kier alpha value is 0.930. The molecule has 0 bridgehead atoms. The number of aliphatic hydroxyl groups excluding tert-OH is 8. The number of aliphatic hydroxyl groups is 9. The molecule has 0 aromatic heterocycles. The van der Waals surface area contributed by atoms with Crippen molar-refractivity contribution in [2.75, 3.05) is 13.2 Å². The van der Waals surface area contributed by atoms with Crippen LogP contribution >= 0.6 is 0 Å². The fraction of sp³-hybridized carbons (Fsp3) is 0.833. The summed E-state index contributed by atoms with van der Waals surface area (Å²) in [4.78, 5) is 30.0. The molecule has 0 saturated carbocycles. The van der Waals surface area contributed by atoms with Crippen LogP contribution in [0, 0.1) is 0 Å². The minimum atomic E-state index is -2.97. The molecule has 0 aromatic carbocycles. The first-order valence-corrected chi connectivity index (χ1v) is 10.2. The fourth-order valence-corrected chi connectivity index (χ4v) is 3.25. The van der Waals surface area contributed by atoms with E-state index in [1.807, 2.05) is 0 Å². The van der Waals surface area contributed by atoms with Gasteiger partial charge >= 0.3 is 88.7 Å². The van der Waals surface area contributed by atoms with Gasteiger partial charge in [-0.1, -0.05) is 0 Å². The molecule has 2 saturated heterocycles. The summed E-state index contributed by atoms with van der Waals surface area (Å²) in [6.45, 7) is -1.35. The summed E-state index contributed by atoms with van der Waals surface area (Å²) in [5, 5.41) is 115. The van der Waals surface area contributed by atoms with Crippen molar-refractivity contribution in [3.63, 3.8) is 0 Å². The Morgan fingerprint density at radius 1 is 0.692 bits per heavy atom. The largest absolute Gasteiger partial charge is 1.00 e. The van der Waals surface area contributed by atoms with Crippen LogP contribution in [0.3, 0.4) is 0 Å². The van der Waals surface area contributed by atoms with Crippen molar-refractivity contribution in [1.82, 2.24) is 0 Å². The third kappa shape index (κ3) is 12.6. The van der Waals surface area contributed by atoms with Gasteiger partial charge in [-0.3, -0.25) is 0 Å². The van der Waals surface area contributed by atoms with Crippen LogP contribution in [0.15, 0.2) is 0 Å². The van der Waals surface area contributed by atoms with Gasteiger partial charge in [0, 0.05) is 24.8 Å². The molecule has 2 heterocycles. The number of carbonyl (C=O) groups excluding carboxylic acids is 3. The molecule has 0 amide bonds. The maximum atomic E-state index is 10.1. The normalized spacial score (nSPS) is 34.1. The molecule has 10 atom stereocenters. The molecule has 9 N–H and O–H groups in total. The van der Waals surface area contributed by atoms with Crippen LogP contribution in [-0.4, -0.2) is 144 Å². The number of hydrogen-bond donors (Lipinski definition) is 9. The zero-order valence-corrected chi connectivity index (χ0v) is 27.3. The maximum absolute atomic E-state index is 10.1. The van der Waals surface area contributed by atoms with Crippen molar-refractivity contribution in [1.29, 1.82) is 0 Å². The molecule has 0 radical (unpaired) electrons. The van der Waals surface area contributed by atoms with Crippen LogP contribution in [0.25, 0.3) is 0 Å². The van der Waals surface area contributed by atoms with E-state index in [9.17, 15) is 65.4 Å². The van der Waals surface area contributed by atoms with Crippen molar-refractivity contribution in [3.8, 4) is 0 Å². The van der Waals surface area contributed by atoms with Crippen molar-refractivity contribution in [2.45, 2.75) is 79.9 Å². The van der Waals surface area contributed by atoms with Crippen LogP contribution < -0.4 is 104 Å². The Bertz CT molecular complexity index is 741. The van der Waals surface area contributed by atoms with Gasteiger partial charge in [-0.15, -0.1) is 0 Å². The first kappa shape index (κ1) is 44.4. The molecular formula is C18H27Na3O18. The molecule has 18 nitrogen and oxygen atoms in total. The average molecular weight is 600 g/mol. The SMILES string of the molecule is O=C([O-])CC(O)(CC(=O)[O-])C(=O)[O-].OC[C@H]1O[C@@H](O[C@H]2[C@H](O)[C@@H](O)C(O)O[C@@H]2CO)[C@H](O)[C@@H](O)[C@H]1O.[Na+].[Na+].[Na+]. The van der Waals surface area contributed by atoms with Gasteiger partial charge in [0.2, 0.25) is 0 Å². The third-order valence-electron chi connectivity index (χ3n) is 5.23. The summed E-state index contributed by atoms with van der Waals surface area (Å²) in [5.41, 5.74) is -2.97. The molecule has 0 aromatic rings. The number of ether oxygens (including phenoxy) is 3. The summed E-state index contributed by atoms with van der Waals surface area (Å²) >= 11 is 0. The minimum absolute atomic E-state index is 0. The smallest absolute Gasteiger partial charge is 0.550 e. The van der Waals surface area contributed by atoms with Gasteiger partial charge in [-0.2, -0.15) is 0 Å². The second kappa shape index (κ2) is 20.0. The topological polar surface area (TPSA) is 330 Å². The van der Waals surface area contributed by atoms with Gasteiger partial charge in [0.25, 0.3) is 0 Å². The zero-order valence-electron chi connectivity index (χ0n) is 21.3. The number of hydrogen-bond acceptors (Lipinski definition) is 18. The minimum Gasteiger partial charge on any atom is -0.550 e.